The number of nitrogens with two attached hydrogens (primary N) is 1. The van der Waals surface area contributed by atoms with Crippen molar-refractivity contribution in [1.29, 1.82) is 0 Å². The molecule has 1 aliphatic rings. The number of hydrogen-bond donors (Lipinski definition) is 2. The van der Waals surface area contributed by atoms with Gasteiger partial charge in [-0.25, -0.2) is 0 Å². The molecule has 0 aliphatic heterocycles. The van der Waals surface area contributed by atoms with Gasteiger partial charge < -0.3 is 11.1 Å². The molecule has 3 heteroatoms. The number of hydrogen-bond acceptors (Lipinski definition) is 2. The maximum Gasteiger partial charge on any atom is 0.240 e. The number of benzene rings is 1. The van der Waals surface area contributed by atoms with Gasteiger partial charge in [-0.2, -0.15) is 0 Å². The minimum atomic E-state index is -0.647. The third kappa shape index (κ3) is 4.07. The standard InChI is InChI=1S/C18H28N2O/c1-13(2)12-15-6-8-16(9-7-15)14(3)20-17(21)18(19)10-4-5-11-18/h6-9,13-14H,4-5,10-12,19H2,1-3H3,(H,20,21). The second-order valence-corrected chi connectivity index (χ2v) is 6.90. The van der Waals surface area contributed by atoms with Gasteiger partial charge in [-0.3, -0.25) is 4.79 Å². The van der Waals surface area contributed by atoms with E-state index in [0.717, 1.165) is 37.7 Å². The van der Waals surface area contributed by atoms with Crippen LogP contribution in [0.3, 0.4) is 0 Å². The summed E-state index contributed by atoms with van der Waals surface area (Å²) < 4.78 is 0. The summed E-state index contributed by atoms with van der Waals surface area (Å²) >= 11 is 0. The number of amides is 1. The smallest absolute Gasteiger partial charge is 0.240 e. The topological polar surface area (TPSA) is 55.1 Å². The van der Waals surface area contributed by atoms with Crippen molar-refractivity contribution < 1.29 is 4.79 Å². The van der Waals surface area contributed by atoms with Crippen molar-refractivity contribution in [1.82, 2.24) is 5.32 Å². The van der Waals surface area contributed by atoms with Crippen molar-refractivity contribution >= 4 is 5.91 Å². The van der Waals surface area contributed by atoms with E-state index in [4.69, 9.17) is 5.73 Å². The van der Waals surface area contributed by atoms with Gasteiger partial charge in [0.2, 0.25) is 5.91 Å². The highest BCUT2D eigenvalue weighted by atomic mass is 16.2. The summed E-state index contributed by atoms with van der Waals surface area (Å²) in [5, 5.41) is 3.07. The number of nitrogens with one attached hydrogen (secondary N) is 1. The van der Waals surface area contributed by atoms with Crippen LogP contribution in [0.4, 0.5) is 0 Å². The molecule has 1 atom stereocenters. The van der Waals surface area contributed by atoms with Gasteiger partial charge in [-0.15, -0.1) is 0 Å². The highest BCUT2D eigenvalue weighted by molar-refractivity contribution is 5.86. The van der Waals surface area contributed by atoms with Crippen LogP contribution in [0.2, 0.25) is 0 Å². The zero-order valence-corrected chi connectivity index (χ0v) is 13.5. The van der Waals surface area contributed by atoms with E-state index in [1.807, 2.05) is 6.92 Å². The molecule has 0 bridgehead atoms. The van der Waals surface area contributed by atoms with Gasteiger partial charge in [0.15, 0.2) is 0 Å². The van der Waals surface area contributed by atoms with E-state index in [0.29, 0.717) is 5.92 Å². The largest absolute Gasteiger partial charge is 0.348 e. The van der Waals surface area contributed by atoms with E-state index >= 15 is 0 Å². The molecule has 116 valence electrons. The average molecular weight is 288 g/mol. The van der Waals surface area contributed by atoms with Crippen molar-refractivity contribution in [3.63, 3.8) is 0 Å². The summed E-state index contributed by atoms with van der Waals surface area (Å²) in [4.78, 5) is 12.3. The molecular weight excluding hydrogens is 260 g/mol. The predicted octanol–water partition coefficient (Wildman–Crippen LogP) is 3.33. The molecule has 1 saturated carbocycles. The second kappa shape index (κ2) is 6.61. The first-order valence-electron chi connectivity index (χ1n) is 8.09. The summed E-state index contributed by atoms with van der Waals surface area (Å²) in [6.45, 7) is 6.46. The van der Waals surface area contributed by atoms with Crippen molar-refractivity contribution in [3.05, 3.63) is 35.4 Å². The summed E-state index contributed by atoms with van der Waals surface area (Å²) in [5.74, 6) is 0.659. The fourth-order valence-electron chi connectivity index (χ4n) is 3.07. The first kappa shape index (κ1) is 16.0. The van der Waals surface area contributed by atoms with Gasteiger partial charge in [-0.05, 0) is 43.2 Å². The molecular formula is C18H28N2O. The lowest BCUT2D eigenvalue weighted by atomic mass is 9.96. The number of carbonyl (C=O) groups excluding carboxylic acids is 1. The minimum absolute atomic E-state index is 0.00115. The zero-order valence-electron chi connectivity index (χ0n) is 13.5. The van der Waals surface area contributed by atoms with Crippen LogP contribution >= 0.6 is 0 Å². The van der Waals surface area contributed by atoms with Crippen LogP contribution in [-0.4, -0.2) is 11.4 Å². The van der Waals surface area contributed by atoms with Crippen LogP contribution in [-0.2, 0) is 11.2 Å². The Morgan fingerprint density at radius 2 is 1.76 bits per heavy atom. The first-order chi connectivity index (χ1) is 9.90. The quantitative estimate of drug-likeness (QED) is 0.873. The maximum atomic E-state index is 12.3. The van der Waals surface area contributed by atoms with Gasteiger partial charge in [0, 0.05) is 0 Å². The summed E-state index contributed by atoms with van der Waals surface area (Å²) in [6, 6.07) is 8.55. The molecule has 1 aromatic rings. The SMILES string of the molecule is CC(C)Cc1ccc(C(C)NC(=O)C2(N)CCCC2)cc1. The maximum absolute atomic E-state index is 12.3. The Morgan fingerprint density at radius 1 is 1.19 bits per heavy atom. The Labute approximate surface area is 128 Å². The monoisotopic (exact) mass is 288 g/mol. The van der Waals surface area contributed by atoms with Crippen molar-refractivity contribution in [3.8, 4) is 0 Å². The lowest BCUT2D eigenvalue weighted by Crippen LogP contribution is -2.52. The highest BCUT2D eigenvalue weighted by Crippen LogP contribution is 2.28. The van der Waals surface area contributed by atoms with Crippen LogP contribution in [0.1, 0.15) is 63.6 Å². The molecule has 1 fully saturated rings. The van der Waals surface area contributed by atoms with Crippen LogP contribution in [0, 0.1) is 5.92 Å². The zero-order chi connectivity index (χ0) is 15.5. The highest BCUT2D eigenvalue weighted by Gasteiger charge is 2.37. The lowest BCUT2D eigenvalue weighted by Gasteiger charge is -2.25. The molecule has 2 rings (SSSR count). The fourth-order valence-corrected chi connectivity index (χ4v) is 3.07. The molecule has 0 aromatic heterocycles. The third-order valence-corrected chi connectivity index (χ3v) is 4.42. The lowest BCUT2D eigenvalue weighted by molar-refractivity contribution is -0.126. The van der Waals surface area contributed by atoms with E-state index < -0.39 is 5.54 Å². The summed E-state index contributed by atoms with van der Waals surface area (Å²) in [5.41, 5.74) is 8.03. The molecule has 1 aliphatic carbocycles. The second-order valence-electron chi connectivity index (χ2n) is 6.90. The molecule has 3 nitrogen and oxygen atoms in total. The van der Waals surface area contributed by atoms with Crippen molar-refractivity contribution in [2.24, 2.45) is 11.7 Å². The normalized spacial score (nSPS) is 18.7. The Bertz CT molecular complexity index is 472. The van der Waals surface area contributed by atoms with E-state index in [-0.39, 0.29) is 11.9 Å². The average Bonchev–Trinajstić information content (AvgIpc) is 2.87. The fraction of sp³-hybridized carbons (Fsp3) is 0.611. The van der Waals surface area contributed by atoms with E-state index in [1.54, 1.807) is 0 Å². The number of rotatable bonds is 5. The molecule has 0 spiro atoms. The van der Waals surface area contributed by atoms with Crippen LogP contribution in [0.25, 0.3) is 0 Å². The molecule has 0 radical (unpaired) electrons. The van der Waals surface area contributed by atoms with Gasteiger partial charge in [0.1, 0.15) is 0 Å². The number of carbonyl (C=O) groups is 1. The molecule has 3 N–H and O–H groups in total. The van der Waals surface area contributed by atoms with Crippen LogP contribution < -0.4 is 11.1 Å². The molecule has 1 unspecified atom stereocenters. The minimum Gasteiger partial charge on any atom is -0.348 e. The van der Waals surface area contributed by atoms with E-state index in [2.05, 4.69) is 43.4 Å². The Hall–Kier alpha value is -1.35. The molecule has 0 heterocycles. The van der Waals surface area contributed by atoms with Gasteiger partial charge in [0.05, 0.1) is 11.6 Å². The Kier molecular flexibility index (Phi) is 5.04. The Morgan fingerprint density at radius 3 is 2.29 bits per heavy atom. The predicted molar refractivity (Wildman–Crippen MR) is 86.9 cm³/mol. The molecule has 0 saturated heterocycles. The molecule has 1 aromatic carbocycles. The first-order valence-corrected chi connectivity index (χ1v) is 8.09. The molecule has 21 heavy (non-hydrogen) atoms. The van der Waals surface area contributed by atoms with Gasteiger partial charge >= 0.3 is 0 Å². The van der Waals surface area contributed by atoms with Crippen molar-refractivity contribution in [2.75, 3.05) is 0 Å². The van der Waals surface area contributed by atoms with E-state index in [1.165, 1.54) is 5.56 Å². The molecule has 1 amide bonds. The van der Waals surface area contributed by atoms with Crippen molar-refractivity contribution in [2.45, 2.75) is 64.5 Å². The Balaban J connectivity index is 1.96. The van der Waals surface area contributed by atoms with Gasteiger partial charge in [0.25, 0.3) is 0 Å². The summed E-state index contributed by atoms with van der Waals surface area (Å²) in [6.07, 6.45) is 4.81. The van der Waals surface area contributed by atoms with Crippen LogP contribution in [0.15, 0.2) is 24.3 Å². The third-order valence-electron chi connectivity index (χ3n) is 4.42. The van der Waals surface area contributed by atoms with E-state index in [9.17, 15) is 4.79 Å². The van der Waals surface area contributed by atoms with Crippen LogP contribution in [0.5, 0.6) is 0 Å². The summed E-state index contributed by atoms with van der Waals surface area (Å²) in [7, 11) is 0. The van der Waals surface area contributed by atoms with Gasteiger partial charge in [-0.1, -0.05) is 51.0 Å².